The summed E-state index contributed by atoms with van der Waals surface area (Å²) in [5.41, 5.74) is 5.76. The van der Waals surface area contributed by atoms with Crippen molar-refractivity contribution in [2.24, 2.45) is 11.7 Å². The lowest BCUT2D eigenvalue weighted by molar-refractivity contribution is -0.380. The Balaban J connectivity index is 2.16. The molecule has 0 spiro atoms. The molecular formula is C11H18N4O2S. The van der Waals surface area contributed by atoms with Crippen LogP contribution < -0.4 is 11.1 Å². The first-order valence-electron chi connectivity index (χ1n) is 6.16. The van der Waals surface area contributed by atoms with E-state index in [1.54, 1.807) is 0 Å². The maximum Gasteiger partial charge on any atom is 0.345 e. The summed E-state index contributed by atoms with van der Waals surface area (Å²) in [5, 5.41) is 14.7. The van der Waals surface area contributed by atoms with Gasteiger partial charge in [-0.15, -0.1) is 0 Å². The topological polar surface area (TPSA) is 94.1 Å². The zero-order valence-corrected chi connectivity index (χ0v) is 11.2. The second-order valence-corrected chi connectivity index (χ2v) is 5.90. The first kappa shape index (κ1) is 13.2. The normalized spacial score (nSPS) is 28.0. The molecule has 0 aromatic carbocycles. The summed E-state index contributed by atoms with van der Waals surface area (Å²) >= 11 is 1.07. The minimum atomic E-state index is -0.414. The van der Waals surface area contributed by atoms with Crippen LogP contribution in [0, 0.1) is 16.0 Å². The van der Waals surface area contributed by atoms with Crippen molar-refractivity contribution in [2.75, 3.05) is 11.9 Å². The first-order chi connectivity index (χ1) is 8.57. The Morgan fingerprint density at radius 2 is 2.50 bits per heavy atom. The highest BCUT2D eigenvalue weighted by Gasteiger charge is 2.37. The molecule has 1 aromatic rings. The highest BCUT2D eigenvalue weighted by atomic mass is 32.1. The molecule has 1 aliphatic rings. The maximum absolute atomic E-state index is 10.6. The molecule has 18 heavy (non-hydrogen) atoms. The van der Waals surface area contributed by atoms with Gasteiger partial charge in [-0.25, -0.2) is 4.98 Å². The third-order valence-corrected chi connectivity index (χ3v) is 4.71. The Labute approximate surface area is 110 Å². The summed E-state index contributed by atoms with van der Waals surface area (Å²) in [4.78, 5) is 14.3. The molecule has 100 valence electrons. The van der Waals surface area contributed by atoms with E-state index in [4.69, 9.17) is 5.73 Å². The average Bonchev–Trinajstić information content (AvgIpc) is 2.81. The number of nitrogens with zero attached hydrogens (tertiary/aromatic N) is 2. The number of hydrogen-bond donors (Lipinski definition) is 2. The van der Waals surface area contributed by atoms with E-state index >= 15 is 0 Å². The second kappa shape index (κ2) is 5.19. The zero-order chi connectivity index (χ0) is 13.2. The van der Waals surface area contributed by atoms with Crippen LogP contribution in [0.5, 0.6) is 0 Å². The Bertz CT molecular complexity index is 436. The van der Waals surface area contributed by atoms with Crippen molar-refractivity contribution in [3.05, 3.63) is 16.3 Å². The standard InChI is InChI=1S/C11H18N4O2S/c1-8-4-2-3-5-11(8,7-12)14-10-13-6-9(18-10)15(16)17/h6,8H,2-5,7,12H2,1H3,(H,13,14). The number of rotatable bonds is 4. The van der Waals surface area contributed by atoms with Crippen LogP contribution in [0.1, 0.15) is 32.6 Å². The van der Waals surface area contributed by atoms with Crippen LogP contribution in [0.2, 0.25) is 0 Å². The minimum absolute atomic E-state index is 0.0631. The van der Waals surface area contributed by atoms with Crippen LogP contribution in [0.15, 0.2) is 6.20 Å². The van der Waals surface area contributed by atoms with Crippen LogP contribution >= 0.6 is 11.3 Å². The van der Waals surface area contributed by atoms with Crippen molar-refractivity contribution in [3.8, 4) is 0 Å². The molecule has 0 bridgehead atoms. The molecule has 1 aromatic heterocycles. The van der Waals surface area contributed by atoms with E-state index in [2.05, 4.69) is 17.2 Å². The number of thiazole rings is 1. The predicted molar refractivity (Wildman–Crippen MR) is 71.8 cm³/mol. The third-order valence-electron chi connectivity index (χ3n) is 3.85. The van der Waals surface area contributed by atoms with Gasteiger partial charge in [0.2, 0.25) is 0 Å². The molecule has 0 radical (unpaired) electrons. The van der Waals surface area contributed by atoms with Crippen LogP contribution in [-0.4, -0.2) is 22.0 Å². The molecule has 6 nitrogen and oxygen atoms in total. The summed E-state index contributed by atoms with van der Waals surface area (Å²) in [6.45, 7) is 2.71. The molecule has 0 saturated heterocycles. The number of nitrogens with two attached hydrogens (primary N) is 1. The van der Waals surface area contributed by atoms with Gasteiger partial charge >= 0.3 is 5.00 Å². The van der Waals surface area contributed by atoms with Crippen molar-refractivity contribution < 1.29 is 4.92 Å². The van der Waals surface area contributed by atoms with Gasteiger partial charge in [0.05, 0.1) is 10.5 Å². The molecule has 3 N–H and O–H groups in total. The van der Waals surface area contributed by atoms with Crippen molar-refractivity contribution in [1.29, 1.82) is 0 Å². The van der Waals surface area contributed by atoms with Gasteiger partial charge in [0.25, 0.3) is 0 Å². The average molecular weight is 270 g/mol. The van der Waals surface area contributed by atoms with Gasteiger partial charge in [0.1, 0.15) is 6.20 Å². The zero-order valence-electron chi connectivity index (χ0n) is 10.4. The highest BCUT2D eigenvalue weighted by molar-refractivity contribution is 7.18. The number of nitrogens with one attached hydrogen (secondary N) is 1. The maximum atomic E-state index is 10.6. The second-order valence-electron chi connectivity index (χ2n) is 4.89. The molecule has 1 fully saturated rings. The Kier molecular flexibility index (Phi) is 3.82. The van der Waals surface area contributed by atoms with Crippen molar-refractivity contribution in [3.63, 3.8) is 0 Å². The van der Waals surface area contributed by atoms with Gasteiger partial charge in [-0.05, 0) is 30.1 Å². The summed E-state index contributed by atoms with van der Waals surface area (Å²) in [6.07, 6.45) is 5.80. The van der Waals surface area contributed by atoms with E-state index in [9.17, 15) is 10.1 Å². The van der Waals surface area contributed by atoms with Gasteiger partial charge in [-0.3, -0.25) is 10.1 Å². The lowest BCUT2D eigenvalue weighted by Crippen LogP contribution is -2.52. The molecule has 0 aliphatic heterocycles. The monoisotopic (exact) mass is 270 g/mol. The van der Waals surface area contributed by atoms with E-state index in [-0.39, 0.29) is 10.5 Å². The van der Waals surface area contributed by atoms with Crippen LogP contribution in [0.4, 0.5) is 10.1 Å². The van der Waals surface area contributed by atoms with Crippen LogP contribution in [-0.2, 0) is 0 Å². The minimum Gasteiger partial charge on any atom is -0.354 e. The van der Waals surface area contributed by atoms with Gasteiger partial charge in [0, 0.05) is 6.54 Å². The lowest BCUT2D eigenvalue weighted by atomic mass is 9.74. The fraction of sp³-hybridized carbons (Fsp3) is 0.727. The van der Waals surface area contributed by atoms with Crippen molar-refractivity contribution >= 4 is 21.5 Å². The fourth-order valence-electron chi connectivity index (χ4n) is 2.57. The fourth-order valence-corrected chi connectivity index (χ4v) is 3.31. The SMILES string of the molecule is CC1CCCCC1(CN)Nc1ncc([N+](=O)[O-])s1. The van der Waals surface area contributed by atoms with Crippen LogP contribution in [0.3, 0.4) is 0 Å². The van der Waals surface area contributed by atoms with Gasteiger partial charge in [-0.1, -0.05) is 19.8 Å². The smallest absolute Gasteiger partial charge is 0.345 e. The highest BCUT2D eigenvalue weighted by Crippen LogP contribution is 2.37. The molecule has 1 aliphatic carbocycles. The first-order valence-corrected chi connectivity index (χ1v) is 6.97. The van der Waals surface area contributed by atoms with Gasteiger partial charge in [-0.2, -0.15) is 0 Å². The number of hydrogen-bond acceptors (Lipinski definition) is 6. The summed E-state index contributed by atoms with van der Waals surface area (Å²) in [7, 11) is 0. The van der Waals surface area contributed by atoms with E-state index in [1.807, 2.05) is 0 Å². The van der Waals surface area contributed by atoms with E-state index in [0.717, 1.165) is 30.6 Å². The summed E-state index contributed by atoms with van der Waals surface area (Å²) in [5.74, 6) is 0.458. The Morgan fingerprint density at radius 1 is 1.72 bits per heavy atom. The van der Waals surface area contributed by atoms with Crippen molar-refractivity contribution in [1.82, 2.24) is 4.98 Å². The summed E-state index contributed by atoms with van der Waals surface area (Å²) in [6, 6.07) is 0. The number of aromatic nitrogens is 1. The Hall–Kier alpha value is -1.21. The molecular weight excluding hydrogens is 252 g/mol. The van der Waals surface area contributed by atoms with E-state index in [1.165, 1.54) is 12.6 Å². The van der Waals surface area contributed by atoms with Crippen LogP contribution in [0.25, 0.3) is 0 Å². The molecule has 2 unspecified atom stereocenters. The van der Waals surface area contributed by atoms with E-state index < -0.39 is 4.92 Å². The molecule has 1 heterocycles. The third kappa shape index (κ3) is 2.46. The molecule has 1 saturated carbocycles. The summed E-state index contributed by atoms with van der Waals surface area (Å²) < 4.78 is 0. The Morgan fingerprint density at radius 3 is 3.06 bits per heavy atom. The van der Waals surface area contributed by atoms with Crippen molar-refractivity contribution in [2.45, 2.75) is 38.1 Å². The predicted octanol–water partition coefficient (Wildman–Crippen LogP) is 2.37. The molecule has 0 amide bonds. The van der Waals surface area contributed by atoms with E-state index in [0.29, 0.717) is 17.6 Å². The molecule has 7 heteroatoms. The number of nitro groups is 1. The number of anilines is 1. The van der Waals surface area contributed by atoms with Gasteiger partial charge < -0.3 is 11.1 Å². The van der Waals surface area contributed by atoms with Gasteiger partial charge in [0.15, 0.2) is 5.13 Å². The largest absolute Gasteiger partial charge is 0.354 e. The molecule has 2 atom stereocenters. The lowest BCUT2D eigenvalue weighted by Gasteiger charge is -2.42. The molecule has 2 rings (SSSR count). The quantitative estimate of drug-likeness (QED) is 0.647.